The van der Waals surface area contributed by atoms with Gasteiger partial charge in [0.25, 0.3) is 5.69 Å². The first-order chi connectivity index (χ1) is 9.88. The van der Waals surface area contributed by atoms with Gasteiger partial charge in [-0.2, -0.15) is 0 Å². The molecule has 0 spiro atoms. The molecule has 0 aromatic heterocycles. The normalized spacial score (nSPS) is 12.0. The molecule has 0 radical (unpaired) electrons. The molecule has 21 heavy (non-hydrogen) atoms. The number of benzene rings is 2. The van der Waals surface area contributed by atoms with Gasteiger partial charge in [-0.3, -0.25) is 10.1 Å². The third-order valence-electron chi connectivity index (χ3n) is 2.97. The van der Waals surface area contributed by atoms with Crippen LogP contribution in [0.15, 0.2) is 36.4 Å². The highest BCUT2D eigenvalue weighted by Gasteiger charge is 2.14. The van der Waals surface area contributed by atoms with E-state index in [1.807, 2.05) is 0 Å². The molecule has 4 nitrogen and oxygen atoms in total. The van der Waals surface area contributed by atoms with Crippen LogP contribution >= 0.6 is 0 Å². The molecule has 0 saturated heterocycles. The quantitative estimate of drug-likeness (QED) is 0.523. The highest BCUT2D eigenvalue weighted by Crippen LogP contribution is 2.25. The molecule has 0 saturated carbocycles. The maximum atomic E-state index is 13.5. The van der Waals surface area contributed by atoms with Gasteiger partial charge in [0.1, 0.15) is 5.82 Å². The van der Waals surface area contributed by atoms with Crippen molar-refractivity contribution >= 4 is 11.4 Å². The number of non-ortho nitro benzene ring substituents is 1. The highest BCUT2D eigenvalue weighted by molar-refractivity contribution is 5.48. The Morgan fingerprint density at radius 1 is 1.14 bits per heavy atom. The largest absolute Gasteiger partial charge is 0.376 e. The summed E-state index contributed by atoms with van der Waals surface area (Å²) in [7, 11) is 0. The number of rotatable bonds is 4. The van der Waals surface area contributed by atoms with Gasteiger partial charge in [0.15, 0.2) is 11.6 Å². The Balaban J connectivity index is 2.21. The number of nitro groups is 1. The van der Waals surface area contributed by atoms with Crippen LogP contribution in [-0.4, -0.2) is 4.92 Å². The van der Waals surface area contributed by atoms with Crippen molar-refractivity contribution in [1.82, 2.24) is 0 Å². The van der Waals surface area contributed by atoms with Crippen molar-refractivity contribution in [3.8, 4) is 0 Å². The fourth-order valence-electron chi connectivity index (χ4n) is 1.86. The van der Waals surface area contributed by atoms with E-state index in [0.29, 0.717) is 11.6 Å². The Morgan fingerprint density at radius 3 is 2.33 bits per heavy atom. The van der Waals surface area contributed by atoms with E-state index in [2.05, 4.69) is 5.32 Å². The first-order valence-electron chi connectivity index (χ1n) is 6.04. The first-order valence-corrected chi connectivity index (χ1v) is 6.04. The molecule has 2 aromatic carbocycles. The predicted octanol–water partition coefficient (Wildman–Crippen LogP) is 4.19. The third kappa shape index (κ3) is 3.31. The molecule has 1 atom stereocenters. The van der Waals surface area contributed by atoms with Crippen molar-refractivity contribution < 1.29 is 18.1 Å². The van der Waals surface area contributed by atoms with E-state index in [4.69, 9.17) is 0 Å². The topological polar surface area (TPSA) is 55.2 Å². The second-order valence-electron chi connectivity index (χ2n) is 4.46. The van der Waals surface area contributed by atoms with E-state index in [0.717, 1.165) is 6.07 Å². The summed E-state index contributed by atoms with van der Waals surface area (Å²) in [6.07, 6.45) is 0. The molecule has 1 N–H and O–H groups in total. The Bertz CT molecular complexity index is 675. The Labute approximate surface area is 118 Å². The number of anilines is 1. The van der Waals surface area contributed by atoms with Crippen LogP contribution in [0.1, 0.15) is 18.5 Å². The number of nitrogens with zero attached hydrogens (tertiary/aromatic N) is 1. The molecule has 1 unspecified atom stereocenters. The second kappa shape index (κ2) is 5.82. The van der Waals surface area contributed by atoms with E-state index in [1.165, 1.54) is 24.3 Å². The van der Waals surface area contributed by atoms with E-state index < -0.39 is 28.4 Å². The average Bonchev–Trinajstić information content (AvgIpc) is 2.44. The van der Waals surface area contributed by atoms with Gasteiger partial charge in [0.2, 0.25) is 0 Å². The number of nitro benzene ring substituents is 1. The zero-order valence-corrected chi connectivity index (χ0v) is 10.9. The van der Waals surface area contributed by atoms with Crippen molar-refractivity contribution in [1.29, 1.82) is 0 Å². The lowest BCUT2D eigenvalue weighted by molar-refractivity contribution is -0.384. The molecular weight excluding hydrogens is 285 g/mol. The average molecular weight is 296 g/mol. The molecular formula is C14H11F3N2O2. The summed E-state index contributed by atoms with van der Waals surface area (Å²) in [6.45, 7) is 1.64. The molecule has 2 rings (SSSR count). The minimum absolute atomic E-state index is 0.0751. The van der Waals surface area contributed by atoms with Crippen LogP contribution in [0.5, 0.6) is 0 Å². The van der Waals surface area contributed by atoms with Crippen molar-refractivity contribution in [3.05, 3.63) is 69.5 Å². The van der Waals surface area contributed by atoms with Crippen LogP contribution in [-0.2, 0) is 0 Å². The zero-order chi connectivity index (χ0) is 15.6. The fourth-order valence-corrected chi connectivity index (χ4v) is 1.86. The maximum Gasteiger partial charge on any atom is 0.269 e. The summed E-state index contributed by atoms with van der Waals surface area (Å²) in [6, 6.07) is 6.40. The van der Waals surface area contributed by atoms with E-state index in [9.17, 15) is 23.3 Å². The summed E-state index contributed by atoms with van der Waals surface area (Å²) in [5.41, 5.74) is 0.233. The van der Waals surface area contributed by atoms with Crippen molar-refractivity contribution in [2.45, 2.75) is 13.0 Å². The molecule has 0 bridgehead atoms. The van der Waals surface area contributed by atoms with Gasteiger partial charge in [0, 0.05) is 30.3 Å². The molecule has 0 fully saturated rings. The minimum atomic E-state index is -1.28. The van der Waals surface area contributed by atoms with Crippen LogP contribution < -0.4 is 5.32 Å². The highest BCUT2D eigenvalue weighted by atomic mass is 19.2. The standard InChI is InChI=1S/C14H11F3N2O2/c1-8(9-2-4-11(5-3-9)19(20)21)18-13-7-10(15)6-12(16)14(13)17/h2-8,18H,1H3. The van der Waals surface area contributed by atoms with Gasteiger partial charge in [-0.15, -0.1) is 0 Å². The number of nitrogens with one attached hydrogen (secondary N) is 1. The second-order valence-corrected chi connectivity index (χ2v) is 4.46. The number of halogens is 3. The Kier molecular flexibility index (Phi) is 4.11. The van der Waals surface area contributed by atoms with E-state index in [1.54, 1.807) is 6.92 Å². The summed E-state index contributed by atoms with van der Waals surface area (Å²) in [4.78, 5) is 10.0. The minimum Gasteiger partial charge on any atom is -0.376 e. The van der Waals surface area contributed by atoms with Gasteiger partial charge in [-0.1, -0.05) is 12.1 Å². The fraction of sp³-hybridized carbons (Fsp3) is 0.143. The molecule has 110 valence electrons. The third-order valence-corrected chi connectivity index (χ3v) is 2.97. The van der Waals surface area contributed by atoms with Crippen LogP contribution in [0, 0.1) is 27.6 Å². The van der Waals surface area contributed by atoms with Gasteiger partial charge in [0.05, 0.1) is 10.6 Å². The number of hydrogen-bond donors (Lipinski definition) is 1. The Hall–Kier alpha value is -2.57. The van der Waals surface area contributed by atoms with Gasteiger partial charge in [-0.25, -0.2) is 13.2 Å². The lowest BCUT2D eigenvalue weighted by Crippen LogP contribution is -2.09. The smallest absolute Gasteiger partial charge is 0.269 e. The molecule has 7 heteroatoms. The molecule has 0 amide bonds. The van der Waals surface area contributed by atoms with Gasteiger partial charge in [-0.05, 0) is 12.5 Å². The van der Waals surface area contributed by atoms with Crippen LogP contribution in [0.2, 0.25) is 0 Å². The summed E-state index contributed by atoms with van der Waals surface area (Å²) >= 11 is 0. The van der Waals surface area contributed by atoms with Crippen LogP contribution in [0.4, 0.5) is 24.5 Å². The molecule has 0 aliphatic heterocycles. The SMILES string of the molecule is CC(Nc1cc(F)cc(F)c1F)c1ccc([N+](=O)[O-])cc1. The molecule has 0 aliphatic carbocycles. The summed E-state index contributed by atoms with van der Waals surface area (Å²) in [5.74, 6) is -3.36. The Morgan fingerprint density at radius 2 is 1.76 bits per heavy atom. The van der Waals surface area contributed by atoms with Crippen molar-refractivity contribution in [2.75, 3.05) is 5.32 Å². The summed E-state index contributed by atoms with van der Waals surface area (Å²) < 4.78 is 39.7. The first kappa shape index (κ1) is 14.8. The summed E-state index contributed by atoms with van der Waals surface area (Å²) in [5, 5.41) is 13.2. The number of hydrogen-bond acceptors (Lipinski definition) is 3. The van der Waals surface area contributed by atoms with E-state index >= 15 is 0 Å². The van der Waals surface area contributed by atoms with Gasteiger partial charge < -0.3 is 5.32 Å². The zero-order valence-electron chi connectivity index (χ0n) is 10.9. The van der Waals surface area contributed by atoms with E-state index in [-0.39, 0.29) is 11.4 Å². The van der Waals surface area contributed by atoms with Crippen molar-refractivity contribution in [3.63, 3.8) is 0 Å². The monoisotopic (exact) mass is 296 g/mol. The van der Waals surface area contributed by atoms with Crippen molar-refractivity contribution in [2.24, 2.45) is 0 Å². The van der Waals surface area contributed by atoms with Gasteiger partial charge >= 0.3 is 0 Å². The lowest BCUT2D eigenvalue weighted by Gasteiger charge is -2.16. The predicted molar refractivity (Wildman–Crippen MR) is 71.5 cm³/mol. The molecule has 2 aromatic rings. The molecule has 0 heterocycles. The van der Waals surface area contributed by atoms with Crippen LogP contribution in [0.3, 0.4) is 0 Å². The molecule has 0 aliphatic rings. The lowest BCUT2D eigenvalue weighted by atomic mass is 10.1. The maximum absolute atomic E-state index is 13.5. The van der Waals surface area contributed by atoms with Crippen LogP contribution in [0.25, 0.3) is 0 Å².